The van der Waals surface area contributed by atoms with Crippen LogP contribution in [-0.2, 0) is 16.6 Å². The predicted octanol–water partition coefficient (Wildman–Crippen LogP) is 2.04. The van der Waals surface area contributed by atoms with Crippen LogP contribution in [-0.4, -0.2) is 37.3 Å². The number of hydrogen-bond acceptors (Lipinski definition) is 4. The van der Waals surface area contributed by atoms with Gasteiger partial charge in [-0.2, -0.15) is 16.1 Å². The van der Waals surface area contributed by atoms with Crippen LogP contribution in [0.3, 0.4) is 0 Å². The first kappa shape index (κ1) is 15.3. The number of nitrogens with two attached hydrogens (primary N) is 1. The van der Waals surface area contributed by atoms with E-state index < -0.39 is 10.0 Å². The third-order valence-electron chi connectivity index (χ3n) is 3.03. The molecular weight excluding hydrogens is 348 g/mol. The third-order valence-corrected chi connectivity index (χ3v) is 6.95. The Bertz CT molecular complexity index is 541. The number of benzene rings is 1. The van der Waals surface area contributed by atoms with Crippen LogP contribution < -0.4 is 5.73 Å². The molecule has 0 spiro atoms. The van der Waals surface area contributed by atoms with Gasteiger partial charge in [0.25, 0.3) is 0 Å². The molecule has 0 aromatic heterocycles. The van der Waals surface area contributed by atoms with Crippen molar-refractivity contribution in [2.45, 2.75) is 17.9 Å². The van der Waals surface area contributed by atoms with E-state index in [1.165, 1.54) is 0 Å². The van der Waals surface area contributed by atoms with Crippen LogP contribution in [0.25, 0.3) is 0 Å². The van der Waals surface area contributed by atoms with Gasteiger partial charge >= 0.3 is 0 Å². The van der Waals surface area contributed by atoms with Gasteiger partial charge in [0.1, 0.15) is 0 Å². The van der Waals surface area contributed by atoms with Crippen molar-refractivity contribution in [1.29, 1.82) is 0 Å². The van der Waals surface area contributed by atoms with Crippen molar-refractivity contribution in [3.05, 3.63) is 28.2 Å². The summed E-state index contributed by atoms with van der Waals surface area (Å²) < 4.78 is 27.4. The van der Waals surface area contributed by atoms with Gasteiger partial charge < -0.3 is 5.73 Å². The first-order valence-electron chi connectivity index (χ1n) is 6.12. The van der Waals surface area contributed by atoms with Gasteiger partial charge in [0, 0.05) is 29.9 Å². The lowest BCUT2D eigenvalue weighted by Gasteiger charge is -2.20. The van der Waals surface area contributed by atoms with Gasteiger partial charge in [0.2, 0.25) is 10.0 Å². The Morgan fingerprint density at radius 2 is 2.11 bits per heavy atom. The zero-order chi connectivity index (χ0) is 13.9. The van der Waals surface area contributed by atoms with E-state index in [4.69, 9.17) is 5.73 Å². The minimum absolute atomic E-state index is 0.330. The molecule has 1 aliphatic heterocycles. The molecule has 1 fully saturated rings. The lowest BCUT2D eigenvalue weighted by molar-refractivity contribution is 0.434. The fourth-order valence-corrected chi connectivity index (χ4v) is 5.55. The molecule has 1 aliphatic rings. The van der Waals surface area contributed by atoms with Crippen molar-refractivity contribution < 1.29 is 8.42 Å². The first-order valence-corrected chi connectivity index (χ1v) is 9.51. The maximum Gasteiger partial charge on any atom is 0.244 e. The molecule has 106 valence electrons. The molecule has 2 rings (SSSR count). The molecule has 1 aromatic carbocycles. The van der Waals surface area contributed by atoms with Crippen molar-refractivity contribution in [2.75, 3.05) is 24.6 Å². The normalized spacial score (nSPS) is 18.2. The van der Waals surface area contributed by atoms with E-state index in [0.717, 1.165) is 23.5 Å². The van der Waals surface area contributed by atoms with Crippen LogP contribution in [0.5, 0.6) is 0 Å². The highest BCUT2D eigenvalue weighted by Gasteiger charge is 2.27. The molecule has 0 atom stereocenters. The largest absolute Gasteiger partial charge is 0.326 e. The smallest absolute Gasteiger partial charge is 0.244 e. The average molecular weight is 365 g/mol. The van der Waals surface area contributed by atoms with Gasteiger partial charge in [-0.05, 0) is 45.8 Å². The summed E-state index contributed by atoms with van der Waals surface area (Å²) in [4.78, 5) is 0.330. The lowest BCUT2D eigenvalue weighted by atomic mass is 10.2. The summed E-state index contributed by atoms with van der Waals surface area (Å²) in [6.45, 7) is 1.58. The van der Waals surface area contributed by atoms with Gasteiger partial charge in [-0.1, -0.05) is 6.07 Å². The summed E-state index contributed by atoms with van der Waals surface area (Å²) in [6.07, 6.45) is 0.905. The Morgan fingerprint density at radius 1 is 1.32 bits per heavy atom. The molecule has 1 heterocycles. The molecule has 7 heteroatoms. The van der Waals surface area contributed by atoms with Crippen LogP contribution in [0.1, 0.15) is 12.0 Å². The Morgan fingerprint density at radius 3 is 2.79 bits per heavy atom. The van der Waals surface area contributed by atoms with Crippen molar-refractivity contribution in [1.82, 2.24) is 4.31 Å². The van der Waals surface area contributed by atoms with E-state index >= 15 is 0 Å². The number of halogens is 1. The highest BCUT2D eigenvalue weighted by Crippen LogP contribution is 2.27. The number of thioether (sulfide) groups is 1. The predicted molar refractivity (Wildman–Crippen MR) is 82.7 cm³/mol. The molecule has 0 bridgehead atoms. The summed E-state index contributed by atoms with van der Waals surface area (Å²) >= 11 is 5.15. The fraction of sp³-hybridized carbons (Fsp3) is 0.500. The van der Waals surface area contributed by atoms with Crippen LogP contribution in [0.2, 0.25) is 0 Å². The van der Waals surface area contributed by atoms with Crippen molar-refractivity contribution in [2.24, 2.45) is 5.73 Å². The number of hydrogen-bond donors (Lipinski definition) is 1. The minimum Gasteiger partial charge on any atom is -0.326 e. The Hall–Kier alpha value is -0.0800. The second-order valence-corrected chi connectivity index (χ2v) is 8.32. The Kier molecular flexibility index (Phi) is 5.30. The second-order valence-electron chi connectivity index (χ2n) is 4.34. The summed E-state index contributed by atoms with van der Waals surface area (Å²) in [7, 11) is -3.41. The molecule has 0 amide bonds. The first-order chi connectivity index (χ1) is 9.05. The van der Waals surface area contributed by atoms with E-state index in [1.807, 2.05) is 0 Å². The molecule has 19 heavy (non-hydrogen) atoms. The van der Waals surface area contributed by atoms with Gasteiger partial charge in [-0.15, -0.1) is 0 Å². The average Bonchev–Trinajstić information content (AvgIpc) is 2.67. The fourth-order valence-electron chi connectivity index (χ4n) is 1.98. The van der Waals surface area contributed by atoms with E-state index in [1.54, 1.807) is 34.3 Å². The monoisotopic (exact) mass is 364 g/mol. The van der Waals surface area contributed by atoms with E-state index in [-0.39, 0.29) is 0 Å². The highest BCUT2D eigenvalue weighted by molar-refractivity contribution is 9.10. The summed E-state index contributed by atoms with van der Waals surface area (Å²) in [5.41, 5.74) is 6.47. The van der Waals surface area contributed by atoms with Gasteiger partial charge in [0.05, 0.1) is 4.90 Å². The van der Waals surface area contributed by atoms with Gasteiger partial charge in [-0.25, -0.2) is 8.42 Å². The molecular formula is C12H17BrN2O2S2. The maximum absolute atomic E-state index is 12.6. The Balaban J connectivity index is 2.32. The lowest BCUT2D eigenvalue weighted by Crippen LogP contribution is -2.33. The van der Waals surface area contributed by atoms with Crippen LogP contribution in [0.15, 0.2) is 27.6 Å². The topological polar surface area (TPSA) is 63.4 Å². The molecule has 0 unspecified atom stereocenters. The van der Waals surface area contributed by atoms with E-state index in [2.05, 4.69) is 15.9 Å². The second kappa shape index (κ2) is 6.58. The summed E-state index contributed by atoms with van der Waals surface area (Å²) in [5.74, 6) is 1.89. The standard InChI is InChI=1S/C12H17BrN2O2S2/c13-11-8-10(9-14)2-3-12(11)19(16,17)15-4-1-6-18-7-5-15/h2-3,8H,1,4-7,9,14H2. The zero-order valence-electron chi connectivity index (χ0n) is 10.5. The van der Waals surface area contributed by atoms with E-state index in [9.17, 15) is 8.42 Å². The zero-order valence-corrected chi connectivity index (χ0v) is 13.7. The van der Waals surface area contributed by atoms with Gasteiger partial charge in [0.15, 0.2) is 0 Å². The quantitative estimate of drug-likeness (QED) is 0.891. The summed E-state index contributed by atoms with van der Waals surface area (Å²) in [6, 6.07) is 5.18. The summed E-state index contributed by atoms with van der Waals surface area (Å²) in [5, 5.41) is 0. The van der Waals surface area contributed by atoms with Crippen molar-refractivity contribution in [3.8, 4) is 0 Å². The number of rotatable bonds is 3. The molecule has 4 nitrogen and oxygen atoms in total. The number of sulfonamides is 1. The van der Waals surface area contributed by atoms with Crippen LogP contribution >= 0.6 is 27.7 Å². The maximum atomic E-state index is 12.6. The SMILES string of the molecule is NCc1ccc(S(=O)(=O)N2CCCSCC2)c(Br)c1. The van der Waals surface area contributed by atoms with Crippen LogP contribution in [0.4, 0.5) is 0 Å². The molecule has 1 aromatic rings. The molecule has 0 aliphatic carbocycles. The number of nitrogens with zero attached hydrogens (tertiary/aromatic N) is 1. The molecule has 0 radical (unpaired) electrons. The van der Waals surface area contributed by atoms with Crippen LogP contribution in [0, 0.1) is 0 Å². The molecule has 0 saturated carbocycles. The molecule has 1 saturated heterocycles. The third kappa shape index (κ3) is 3.52. The van der Waals surface area contributed by atoms with Crippen molar-refractivity contribution in [3.63, 3.8) is 0 Å². The van der Waals surface area contributed by atoms with Gasteiger partial charge in [-0.3, -0.25) is 0 Å². The Labute approximate surface area is 126 Å². The van der Waals surface area contributed by atoms with E-state index in [0.29, 0.717) is 29.0 Å². The molecule has 2 N–H and O–H groups in total. The van der Waals surface area contributed by atoms with Crippen molar-refractivity contribution >= 4 is 37.7 Å². The minimum atomic E-state index is -3.41. The highest BCUT2D eigenvalue weighted by atomic mass is 79.9.